The van der Waals surface area contributed by atoms with Crippen LogP contribution in [-0.4, -0.2) is 8.42 Å². The summed E-state index contributed by atoms with van der Waals surface area (Å²) in [7, 11) is -3.67. The molecule has 0 aromatic heterocycles. The molecule has 74 valence electrons. The van der Waals surface area contributed by atoms with Crippen LogP contribution >= 0.6 is 34.2 Å². The molecular weight excluding hydrogens is 327 g/mol. The number of hydrogen-bond acceptors (Lipinski definition) is 2. The summed E-state index contributed by atoms with van der Waals surface area (Å²) in [4.78, 5) is 0. The highest BCUT2D eigenvalue weighted by molar-refractivity contribution is 14.1. The lowest BCUT2D eigenvalue weighted by molar-refractivity contribution is 0.599. The Kier molecular flexibility index (Phi) is 5.81. The fourth-order valence-electron chi connectivity index (χ4n) is 0.460. The molecule has 4 nitrogen and oxygen atoms in total. The highest BCUT2D eigenvalue weighted by Gasteiger charge is 1.84. The summed E-state index contributed by atoms with van der Waals surface area (Å²) in [6, 6.07) is 7.72. The number of halogens is 2. The van der Waals surface area contributed by atoms with E-state index in [4.69, 9.17) is 11.6 Å². The van der Waals surface area contributed by atoms with Crippen LogP contribution in [0.3, 0.4) is 0 Å². The molecule has 0 spiro atoms. The Morgan fingerprint density at radius 1 is 1.31 bits per heavy atom. The van der Waals surface area contributed by atoms with Gasteiger partial charge in [-0.3, -0.25) is 0 Å². The van der Waals surface area contributed by atoms with Crippen LogP contribution in [0, 0.1) is 3.57 Å². The molecule has 0 saturated heterocycles. The van der Waals surface area contributed by atoms with Crippen molar-refractivity contribution in [2.24, 2.45) is 10.3 Å². The summed E-state index contributed by atoms with van der Waals surface area (Å²) >= 11 is 7.86. The molecule has 0 aliphatic heterocycles. The van der Waals surface area contributed by atoms with Crippen molar-refractivity contribution in [3.05, 3.63) is 32.9 Å². The quantitative estimate of drug-likeness (QED) is 0.696. The van der Waals surface area contributed by atoms with Gasteiger partial charge < -0.3 is 0 Å². The van der Waals surface area contributed by atoms with Crippen LogP contribution in [0.25, 0.3) is 0 Å². The zero-order chi connectivity index (χ0) is 10.5. The van der Waals surface area contributed by atoms with Crippen molar-refractivity contribution in [1.29, 1.82) is 0 Å². The lowest BCUT2D eigenvalue weighted by Crippen LogP contribution is -2.21. The molecule has 0 unspecified atom stereocenters. The lowest BCUT2D eigenvalue weighted by Gasteiger charge is -1.87. The van der Waals surface area contributed by atoms with E-state index in [9.17, 15) is 8.42 Å². The van der Waals surface area contributed by atoms with E-state index in [-0.39, 0.29) is 0 Å². The Hall–Kier alpha value is 0.110. The Balaban J connectivity index is 0.000000252. The molecule has 0 amide bonds. The number of rotatable bonds is 0. The summed E-state index contributed by atoms with van der Waals surface area (Å²) in [6.45, 7) is 0. The second kappa shape index (κ2) is 5.76. The molecule has 1 aromatic carbocycles. The minimum absolute atomic E-state index is 0.803. The predicted molar refractivity (Wildman–Crippen MR) is 61.5 cm³/mol. The maximum atomic E-state index is 9.19. The molecule has 0 aliphatic rings. The van der Waals surface area contributed by atoms with Crippen LogP contribution in [0.4, 0.5) is 0 Å². The van der Waals surface area contributed by atoms with E-state index in [2.05, 4.69) is 32.9 Å². The van der Waals surface area contributed by atoms with E-state index in [0.717, 1.165) is 5.02 Å². The molecule has 0 radical (unpaired) electrons. The van der Waals surface area contributed by atoms with Gasteiger partial charge in [-0.2, -0.15) is 8.42 Å². The van der Waals surface area contributed by atoms with E-state index in [1.54, 1.807) is 0 Å². The van der Waals surface area contributed by atoms with Crippen LogP contribution in [0.5, 0.6) is 0 Å². The molecule has 1 aromatic rings. The summed E-state index contributed by atoms with van der Waals surface area (Å²) in [5, 5.41) is 9.01. The molecular formula is C6H8ClIN2O2S. The zero-order valence-corrected chi connectivity index (χ0v) is 10.2. The van der Waals surface area contributed by atoms with E-state index in [1.807, 2.05) is 24.3 Å². The predicted octanol–water partition coefficient (Wildman–Crippen LogP) is 1.09. The standard InChI is InChI=1S/C6H4ClI.H4N2O2S/c7-5-2-1-3-6(8)4-5;1-5(2,3)4/h1-4H;(H4,1,2,3,4). The first-order valence-corrected chi connectivity index (χ1v) is 6.07. The minimum Gasteiger partial charge on any atom is -0.216 e. The van der Waals surface area contributed by atoms with Crippen LogP contribution in [-0.2, 0) is 10.2 Å². The molecule has 0 heterocycles. The van der Waals surface area contributed by atoms with E-state index in [0.29, 0.717) is 0 Å². The van der Waals surface area contributed by atoms with Crippen molar-refractivity contribution < 1.29 is 8.42 Å². The van der Waals surface area contributed by atoms with Gasteiger partial charge in [-0.1, -0.05) is 17.7 Å². The van der Waals surface area contributed by atoms with Gasteiger partial charge in [-0.15, -0.1) is 0 Å². The first kappa shape index (κ1) is 13.1. The second-order valence-electron chi connectivity index (χ2n) is 2.03. The minimum atomic E-state index is -3.67. The Morgan fingerprint density at radius 3 is 2.00 bits per heavy atom. The maximum absolute atomic E-state index is 9.19. The smallest absolute Gasteiger partial charge is 0.216 e. The van der Waals surface area contributed by atoms with Crippen LogP contribution in [0.2, 0.25) is 5.02 Å². The summed E-state index contributed by atoms with van der Waals surface area (Å²) in [5.74, 6) is 0. The Morgan fingerprint density at radius 2 is 1.77 bits per heavy atom. The van der Waals surface area contributed by atoms with Gasteiger partial charge in [0.05, 0.1) is 0 Å². The van der Waals surface area contributed by atoms with E-state index in [1.165, 1.54) is 3.57 Å². The van der Waals surface area contributed by atoms with Gasteiger partial charge in [0.15, 0.2) is 0 Å². The van der Waals surface area contributed by atoms with Gasteiger partial charge in [0.2, 0.25) is 0 Å². The average molecular weight is 335 g/mol. The third-order valence-corrected chi connectivity index (χ3v) is 1.69. The van der Waals surface area contributed by atoms with Crippen LogP contribution < -0.4 is 10.3 Å². The zero-order valence-electron chi connectivity index (χ0n) is 6.44. The van der Waals surface area contributed by atoms with Gasteiger partial charge >= 0.3 is 0 Å². The molecule has 4 N–H and O–H groups in total. The SMILES string of the molecule is Clc1cccc(I)c1.NS(N)(=O)=O. The van der Waals surface area contributed by atoms with Gasteiger partial charge in [0, 0.05) is 8.59 Å². The van der Waals surface area contributed by atoms with E-state index >= 15 is 0 Å². The van der Waals surface area contributed by atoms with Crippen molar-refractivity contribution in [1.82, 2.24) is 0 Å². The molecule has 0 bridgehead atoms. The maximum Gasteiger partial charge on any atom is 0.271 e. The third kappa shape index (κ3) is 12.1. The normalized spacial score (nSPS) is 10.2. The Bertz CT molecular complexity index is 343. The molecule has 0 fully saturated rings. The van der Waals surface area contributed by atoms with Crippen molar-refractivity contribution >= 4 is 44.4 Å². The highest BCUT2D eigenvalue weighted by Crippen LogP contribution is 2.11. The van der Waals surface area contributed by atoms with Gasteiger partial charge in [0.25, 0.3) is 10.2 Å². The average Bonchev–Trinajstić information content (AvgIpc) is 1.81. The van der Waals surface area contributed by atoms with Crippen LogP contribution in [0.1, 0.15) is 0 Å². The monoisotopic (exact) mass is 334 g/mol. The number of hydrogen-bond donors (Lipinski definition) is 2. The summed E-state index contributed by atoms with van der Waals surface area (Å²) in [5.41, 5.74) is 0. The van der Waals surface area contributed by atoms with Crippen LogP contribution in [0.15, 0.2) is 24.3 Å². The van der Waals surface area contributed by atoms with E-state index < -0.39 is 10.2 Å². The fourth-order valence-corrected chi connectivity index (χ4v) is 1.38. The van der Waals surface area contributed by atoms with Gasteiger partial charge in [-0.25, -0.2) is 10.3 Å². The van der Waals surface area contributed by atoms with Crippen molar-refractivity contribution in [2.45, 2.75) is 0 Å². The first-order valence-electron chi connectivity index (χ1n) is 3.00. The second-order valence-corrected chi connectivity index (χ2v) is 4.89. The Labute approximate surface area is 95.6 Å². The largest absolute Gasteiger partial charge is 0.271 e. The molecule has 13 heavy (non-hydrogen) atoms. The summed E-state index contributed by atoms with van der Waals surface area (Å²) in [6.07, 6.45) is 0. The number of benzene rings is 1. The molecule has 0 atom stereocenters. The van der Waals surface area contributed by atoms with Gasteiger partial charge in [-0.05, 0) is 40.8 Å². The lowest BCUT2D eigenvalue weighted by atomic mass is 10.4. The number of nitrogens with two attached hydrogens (primary N) is 2. The third-order valence-electron chi connectivity index (χ3n) is 0.787. The highest BCUT2D eigenvalue weighted by atomic mass is 127. The molecule has 0 saturated carbocycles. The molecule has 0 aliphatic carbocycles. The van der Waals surface area contributed by atoms with Gasteiger partial charge in [0.1, 0.15) is 0 Å². The molecule has 1 rings (SSSR count). The van der Waals surface area contributed by atoms with Crippen molar-refractivity contribution in [2.75, 3.05) is 0 Å². The fraction of sp³-hybridized carbons (Fsp3) is 0. The van der Waals surface area contributed by atoms with Crippen molar-refractivity contribution in [3.63, 3.8) is 0 Å². The molecule has 7 heteroatoms. The summed E-state index contributed by atoms with van der Waals surface area (Å²) < 4.78 is 19.6. The van der Waals surface area contributed by atoms with Crippen molar-refractivity contribution in [3.8, 4) is 0 Å². The first-order chi connectivity index (χ1) is 5.79. The topological polar surface area (TPSA) is 86.2 Å².